The first-order valence-corrected chi connectivity index (χ1v) is 23.6. The second-order valence-electron chi connectivity index (χ2n) is 20.3. The van der Waals surface area contributed by atoms with Gasteiger partial charge < -0.3 is 44.8 Å². The molecule has 5 aromatic rings. The molecule has 0 bridgehead atoms. The van der Waals surface area contributed by atoms with Gasteiger partial charge in [0.1, 0.15) is 29.5 Å². The number of halogens is 1. The number of nitrogens with one attached hydrogen (secondary N) is 4. The second-order valence-corrected chi connectivity index (χ2v) is 20.3. The Morgan fingerprint density at radius 1 is 0.603 bits per heavy atom. The van der Waals surface area contributed by atoms with Gasteiger partial charge in [0, 0.05) is 42.3 Å². The summed E-state index contributed by atoms with van der Waals surface area (Å²) in [6.45, 7) is 12.6. The van der Waals surface area contributed by atoms with Crippen LogP contribution in [0.4, 0.5) is 19.7 Å². The first-order chi connectivity index (χ1) is 32.4. The molecule has 16 heteroatoms. The van der Waals surface area contributed by atoms with Crippen molar-refractivity contribution >= 4 is 29.7 Å². The minimum atomic E-state index is -0.764. The third-order valence-electron chi connectivity index (χ3n) is 13.7. The van der Waals surface area contributed by atoms with Crippen LogP contribution >= 0.6 is 0 Å². The molecule has 0 spiro atoms. The number of benzene rings is 3. The van der Waals surface area contributed by atoms with Crippen LogP contribution in [0.25, 0.3) is 22.5 Å². The van der Waals surface area contributed by atoms with Crippen molar-refractivity contribution in [1.29, 1.82) is 0 Å². The van der Waals surface area contributed by atoms with Crippen molar-refractivity contribution in [3.63, 3.8) is 0 Å². The molecule has 0 aliphatic carbocycles. The first kappa shape index (κ1) is 47.8. The molecule has 3 fully saturated rings. The van der Waals surface area contributed by atoms with Crippen LogP contribution in [0.15, 0.2) is 85.2 Å². The summed E-state index contributed by atoms with van der Waals surface area (Å²) < 4.78 is 24.0. The van der Waals surface area contributed by atoms with Gasteiger partial charge in [0.25, 0.3) is 0 Å². The molecule has 3 aromatic carbocycles. The maximum absolute atomic E-state index is 14.3. The molecule has 5 heterocycles. The summed E-state index contributed by atoms with van der Waals surface area (Å²) in [5.74, 6) is 0.782. The molecule has 2 aromatic heterocycles. The van der Waals surface area contributed by atoms with Crippen LogP contribution in [0, 0.1) is 16.6 Å². The number of hydrogen-bond donors (Lipinski definition) is 4. The lowest BCUT2D eigenvalue weighted by Gasteiger charge is -2.35. The molecule has 3 aliphatic rings. The molecule has 15 nitrogen and oxygen atoms in total. The highest BCUT2D eigenvalue weighted by Crippen LogP contribution is 2.47. The van der Waals surface area contributed by atoms with Gasteiger partial charge in [0.15, 0.2) is 0 Å². The average Bonchev–Trinajstić information content (AvgIpc) is 4.18. The van der Waals surface area contributed by atoms with Crippen LogP contribution in [0.2, 0.25) is 0 Å². The number of amides is 4. The summed E-state index contributed by atoms with van der Waals surface area (Å²) in [5, 5.41) is 5.49. The number of anilines is 1. The van der Waals surface area contributed by atoms with Crippen LogP contribution in [0.5, 0.6) is 0 Å². The van der Waals surface area contributed by atoms with Crippen LogP contribution in [0.3, 0.4) is 0 Å². The van der Waals surface area contributed by atoms with Crippen molar-refractivity contribution in [2.75, 3.05) is 32.2 Å². The van der Waals surface area contributed by atoms with Gasteiger partial charge in [-0.15, -0.1) is 0 Å². The largest absolute Gasteiger partial charge is 0.453 e. The molecule has 8 rings (SSSR count). The van der Waals surface area contributed by atoms with Gasteiger partial charge in [-0.3, -0.25) is 9.59 Å². The molecule has 4 N–H and O–H groups in total. The molecule has 68 heavy (non-hydrogen) atoms. The summed E-state index contributed by atoms with van der Waals surface area (Å²) in [4.78, 5) is 74.9. The predicted molar refractivity (Wildman–Crippen MR) is 257 cm³/mol. The van der Waals surface area contributed by atoms with Crippen molar-refractivity contribution < 1.29 is 33.0 Å². The number of aromatic nitrogens is 4. The van der Waals surface area contributed by atoms with Crippen molar-refractivity contribution in [2.45, 2.75) is 116 Å². The van der Waals surface area contributed by atoms with Crippen LogP contribution in [-0.2, 0) is 19.1 Å². The first-order valence-electron chi connectivity index (χ1n) is 23.6. The molecular formula is C52H64FN9O6. The quantitative estimate of drug-likeness (QED) is 0.100. The smallest absolute Gasteiger partial charge is 0.407 e. The van der Waals surface area contributed by atoms with Crippen LogP contribution < -0.4 is 15.5 Å². The summed E-state index contributed by atoms with van der Waals surface area (Å²) in [5.41, 5.74) is 5.52. The zero-order chi connectivity index (χ0) is 48.5. The van der Waals surface area contributed by atoms with Gasteiger partial charge in [0.2, 0.25) is 11.8 Å². The summed E-state index contributed by atoms with van der Waals surface area (Å²) in [6.07, 6.45) is 7.38. The van der Waals surface area contributed by atoms with E-state index in [0.717, 1.165) is 77.9 Å². The van der Waals surface area contributed by atoms with Gasteiger partial charge in [-0.1, -0.05) is 90.1 Å². The Morgan fingerprint density at radius 3 is 1.37 bits per heavy atom. The van der Waals surface area contributed by atoms with E-state index in [4.69, 9.17) is 19.4 Å². The van der Waals surface area contributed by atoms with Gasteiger partial charge in [-0.05, 0) is 84.7 Å². The van der Waals surface area contributed by atoms with Crippen molar-refractivity contribution in [1.82, 2.24) is 40.4 Å². The maximum atomic E-state index is 14.3. The van der Waals surface area contributed by atoms with E-state index in [9.17, 15) is 23.6 Å². The molecule has 2 unspecified atom stereocenters. The number of aromatic amines is 2. The molecule has 360 valence electrons. The standard InChI is InChI=1S/C52H64FN9O6/c1-51(2,3)43(58-49(65)67-7)47(63)60-27-9-11-41(60)45-54-29-37(56-45)31-13-17-33(18-14-31)39-25-26-40(62(39)36-23-21-35(53)22-24-36)34-19-15-32(16-20-34)38-30-55-46(57-38)42-12-10-28-61(42)48(64)44(52(4,5)6)59-50(66)68-8/h13-24,29-30,39-44H,9-12,25-28H2,1-8H3,(H,54,56)(H,55,57)(H,58,65)(H,59,66)/t39?,40?,41-,42-,43+,44+/m0/s1. The Hall–Kier alpha value is -6.71. The van der Waals surface area contributed by atoms with Gasteiger partial charge in [-0.2, -0.15) is 0 Å². The number of carbonyl (C=O) groups is 4. The Balaban J connectivity index is 0.979. The Bertz CT molecular complexity index is 2420. The molecule has 4 amide bonds. The third-order valence-corrected chi connectivity index (χ3v) is 13.7. The fourth-order valence-corrected chi connectivity index (χ4v) is 10.1. The normalized spacial score (nSPS) is 20.6. The number of rotatable bonds is 11. The lowest BCUT2D eigenvalue weighted by atomic mass is 9.85. The average molecular weight is 930 g/mol. The number of nitrogens with zero attached hydrogens (tertiary/aromatic N) is 5. The van der Waals surface area contributed by atoms with Crippen molar-refractivity contribution in [2.24, 2.45) is 10.8 Å². The van der Waals surface area contributed by atoms with Crippen LogP contribution in [-0.4, -0.2) is 93.1 Å². The minimum absolute atomic E-state index is 0.0213. The maximum Gasteiger partial charge on any atom is 0.407 e. The van der Waals surface area contributed by atoms with E-state index in [1.165, 1.54) is 26.4 Å². The molecule has 0 saturated carbocycles. The van der Waals surface area contributed by atoms with E-state index in [-0.39, 0.29) is 41.8 Å². The van der Waals surface area contributed by atoms with E-state index in [1.54, 1.807) is 0 Å². The molecule has 3 aliphatic heterocycles. The zero-order valence-electron chi connectivity index (χ0n) is 40.3. The van der Waals surface area contributed by atoms with Crippen molar-refractivity contribution in [3.05, 3.63) is 114 Å². The fraction of sp³-hybridized carbons (Fsp3) is 0.462. The Morgan fingerprint density at radius 2 is 1.00 bits per heavy atom. The van der Waals surface area contributed by atoms with E-state index in [2.05, 4.69) is 74.0 Å². The van der Waals surface area contributed by atoms with Crippen molar-refractivity contribution in [3.8, 4) is 22.5 Å². The van der Waals surface area contributed by atoms with E-state index >= 15 is 0 Å². The Kier molecular flexibility index (Phi) is 13.7. The number of methoxy groups -OCH3 is 2. The number of ether oxygens (including phenoxy) is 2. The number of hydrogen-bond acceptors (Lipinski definition) is 9. The molecule has 0 radical (unpaired) electrons. The van der Waals surface area contributed by atoms with E-state index < -0.39 is 35.1 Å². The monoisotopic (exact) mass is 929 g/mol. The van der Waals surface area contributed by atoms with E-state index in [1.807, 2.05) is 75.9 Å². The summed E-state index contributed by atoms with van der Waals surface area (Å²) >= 11 is 0. The topological polar surface area (TPSA) is 178 Å². The van der Waals surface area contributed by atoms with E-state index in [0.29, 0.717) is 24.7 Å². The zero-order valence-corrected chi connectivity index (χ0v) is 40.3. The number of H-pyrrole nitrogens is 2. The fourth-order valence-electron chi connectivity index (χ4n) is 10.1. The predicted octanol–water partition coefficient (Wildman–Crippen LogP) is 9.56. The molecule has 6 atom stereocenters. The Labute approximate surface area is 397 Å². The number of carbonyl (C=O) groups excluding carboxylic acids is 4. The number of likely N-dealkylation sites (tertiary alicyclic amines) is 2. The van der Waals surface area contributed by atoms with Crippen LogP contribution in [0.1, 0.15) is 127 Å². The number of imidazole rings is 2. The SMILES string of the molecule is COC(=O)N[C@H](C(=O)N1CCC[C@H]1c1nc(-c2ccc(C3CCC(c4ccc(-c5c[nH]c([C@@H]6CCCN6C(=O)[C@@H](NC(=O)OC)C(C)(C)C)n5)cc4)N3c3ccc(F)cc3)cc2)c[nH]1)C(C)(C)C. The van der Waals surface area contributed by atoms with Gasteiger partial charge in [-0.25, -0.2) is 23.9 Å². The highest BCUT2D eigenvalue weighted by Gasteiger charge is 2.43. The van der Waals surface area contributed by atoms with Gasteiger partial charge in [0.05, 0.1) is 49.8 Å². The highest BCUT2D eigenvalue weighted by atomic mass is 19.1. The molecular weight excluding hydrogens is 866 g/mol. The second kappa shape index (κ2) is 19.5. The summed E-state index contributed by atoms with van der Waals surface area (Å²) in [7, 11) is 2.58. The minimum Gasteiger partial charge on any atom is -0.453 e. The lowest BCUT2D eigenvalue weighted by molar-refractivity contribution is -0.137. The molecule has 3 saturated heterocycles. The number of alkyl carbamates (subject to hydrolysis) is 2. The highest BCUT2D eigenvalue weighted by molar-refractivity contribution is 5.88. The summed E-state index contributed by atoms with van der Waals surface area (Å²) in [6, 6.07) is 21.6. The lowest BCUT2D eigenvalue weighted by Crippen LogP contribution is -2.54. The van der Waals surface area contributed by atoms with Gasteiger partial charge >= 0.3 is 12.2 Å². The third kappa shape index (κ3) is 9.95.